The number of benzene rings is 1. The SMILES string of the molecule is CC(C)OCC(O)c1ccc(Br)c(C(F)(F)F)c1. The lowest BCUT2D eigenvalue weighted by Crippen LogP contribution is -2.13. The lowest BCUT2D eigenvalue weighted by molar-refractivity contribution is -0.138. The van der Waals surface area contributed by atoms with E-state index in [1.54, 1.807) is 13.8 Å². The molecule has 1 atom stereocenters. The zero-order chi connectivity index (χ0) is 13.9. The smallest absolute Gasteiger partial charge is 0.386 e. The van der Waals surface area contributed by atoms with Crippen molar-refractivity contribution in [3.63, 3.8) is 0 Å². The molecule has 0 fully saturated rings. The summed E-state index contributed by atoms with van der Waals surface area (Å²) in [5.74, 6) is 0. The van der Waals surface area contributed by atoms with Gasteiger partial charge >= 0.3 is 6.18 Å². The van der Waals surface area contributed by atoms with E-state index in [1.165, 1.54) is 12.1 Å². The van der Waals surface area contributed by atoms with Gasteiger partial charge in [0.25, 0.3) is 0 Å². The summed E-state index contributed by atoms with van der Waals surface area (Å²) in [4.78, 5) is 0. The highest BCUT2D eigenvalue weighted by molar-refractivity contribution is 9.10. The van der Waals surface area contributed by atoms with Gasteiger partial charge in [-0.2, -0.15) is 13.2 Å². The number of hydrogen-bond donors (Lipinski definition) is 1. The van der Waals surface area contributed by atoms with Gasteiger partial charge in [0.1, 0.15) is 6.10 Å². The Labute approximate surface area is 112 Å². The fourth-order valence-corrected chi connectivity index (χ4v) is 1.82. The topological polar surface area (TPSA) is 29.5 Å². The van der Waals surface area contributed by atoms with Crippen LogP contribution in [0.3, 0.4) is 0 Å². The zero-order valence-corrected chi connectivity index (χ0v) is 11.5. The molecule has 0 saturated carbocycles. The Bertz CT molecular complexity index is 405. The Hall–Kier alpha value is -0.590. The van der Waals surface area contributed by atoms with Crippen molar-refractivity contribution >= 4 is 15.9 Å². The molecule has 0 aliphatic heterocycles. The van der Waals surface area contributed by atoms with Crippen LogP contribution in [0.1, 0.15) is 31.1 Å². The maximum atomic E-state index is 12.7. The standard InChI is InChI=1S/C12H14BrF3O2/c1-7(2)18-6-11(17)8-3-4-10(13)9(5-8)12(14,15)16/h3-5,7,11,17H,6H2,1-2H3. The number of ether oxygens (including phenoxy) is 1. The molecule has 6 heteroatoms. The fourth-order valence-electron chi connectivity index (χ4n) is 1.35. The molecule has 0 spiro atoms. The van der Waals surface area contributed by atoms with Crippen LogP contribution in [0.4, 0.5) is 13.2 Å². The van der Waals surface area contributed by atoms with Crippen molar-refractivity contribution in [1.29, 1.82) is 0 Å². The van der Waals surface area contributed by atoms with Crippen molar-refractivity contribution in [2.24, 2.45) is 0 Å². The van der Waals surface area contributed by atoms with Crippen LogP contribution < -0.4 is 0 Å². The second-order valence-corrected chi connectivity index (χ2v) is 4.99. The predicted octanol–water partition coefficient (Wildman–Crippen LogP) is 3.93. The average Bonchev–Trinajstić information content (AvgIpc) is 2.24. The summed E-state index contributed by atoms with van der Waals surface area (Å²) >= 11 is 2.84. The molecular weight excluding hydrogens is 313 g/mol. The van der Waals surface area contributed by atoms with E-state index in [1.807, 2.05) is 0 Å². The van der Waals surface area contributed by atoms with Crippen molar-refractivity contribution in [1.82, 2.24) is 0 Å². The molecule has 0 aliphatic rings. The second kappa shape index (κ2) is 6.04. The molecule has 0 aromatic heterocycles. The molecule has 2 nitrogen and oxygen atoms in total. The summed E-state index contributed by atoms with van der Waals surface area (Å²) < 4.78 is 43.1. The Morgan fingerprint density at radius 2 is 1.94 bits per heavy atom. The first-order valence-corrected chi connectivity index (χ1v) is 6.17. The van der Waals surface area contributed by atoms with Crippen LogP contribution in [0.15, 0.2) is 22.7 Å². The maximum Gasteiger partial charge on any atom is 0.417 e. The predicted molar refractivity (Wildman–Crippen MR) is 65.2 cm³/mol. The van der Waals surface area contributed by atoms with Gasteiger partial charge in [0.15, 0.2) is 0 Å². The van der Waals surface area contributed by atoms with E-state index in [4.69, 9.17) is 4.74 Å². The minimum absolute atomic E-state index is 0.0312. The minimum atomic E-state index is -4.45. The van der Waals surface area contributed by atoms with Crippen LogP contribution in [-0.2, 0) is 10.9 Å². The molecule has 1 unspecified atom stereocenters. The Balaban J connectivity index is 2.91. The Kier molecular flexibility index (Phi) is 5.19. The normalized spacial score (nSPS) is 14.0. The van der Waals surface area contributed by atoms with Gasteiger partial charge in [-0.15, -0.1) is 0 Å². The first-order chi connectivity index (χ1) is 8.21. The van der Waals surface area contributed by atoms with E-state index >= 15 is 0 Å². The third-order valence-corrected chi connectivity index (χ3v) is 2.96. The van der Waals surface area contributed by atoms with E-state index < -0.39 is 17.8 Å². The number of aliphatic hydroxyl groups excluding tert-OH is 1. The quantitative estimate of drug-likeness (QED) is 0.908. The van der Waals surface area contributed by atoms with Crippen molar-refractivity contribution in [3.05, 3.63) is 33.8 Å². The van der Waals surface area contributed by atoms with Crippen LogP contribution in [0.2, 0.25) is 0 Å². The maximum absolute atomic E-state index is 12.7. The molecule has 1 rings (SSSR count). The first kappa shape index (κ1) is 15.5. The van der Waals surface area contributed by atoms with Crippen LogP contribution in [0.25, 0.3) is 0 Å². The Morgan fingerprint density at radius 3 is 2.44 bits per heavy atom. The summed E-state index contributed by atoms with van der Waals surface area (Å²) in [6.45, 7) is 3.54. The van der Waals surface area contributed by atoms with Gasteiger partial charge in [0.05, 0.1) is 18.3 Å². The molecule has 0 heterocycles. The van der Waals surface area contributed by atoms with Crippen LogP contribution in [-0.4, -0.2) is 17.8 Å². The number of aliphatic hydroxyl groups is 1. The zero-order valence-electron chi connectivity index (χ0n) is 9.96. The van der Waals surface area contributed by atoms with E-state index in [2.05, 4.69) is 15.9 Å². The van der Waals surface area contributed by atoms with Crippen LogP contribution in [0.5, 0.6) is 0 Å². The lowest BCUT2D eigenvalue weighted by atomic mass is 10.1. The lowest BCUT2D eigenvalue weighted by Gasteiger charge is -2.16. The molecule has 1 aromatic rings. The second-order valence-electron chi connectivity index (χ2n) is 4.13. The van der Waals surface area contributed by atoms with E-state index in [9.17, 15) is 18.3 Å². The highest BCUT2D eigenvalue weighted by Gasteiger charge is 2.33. The molecule has 0 bridgehead atoms. The molecule has 1 N–H and O–H groups in total. The van der Waals surface area contributed by atoms with Crippen molar-refractivity contribution < 1.29 is 23.0 Å². The fraction of sp³-hybridized carbons (Fsp3) is 0.500. The highest BCUT2D eigenvalue weighted by Crippen LogP contribution is 2.36. The average molecular weight is 327 g/mol. The van der Waals surface area contributed by atoms with Crippen LogP contribution >= 0.6 is 15.9 Å². The van der Waals surface area contributed by atoms with Crippen molar-refractivity contribution in [3.8, 4) is 0 Å². The van der Waals surface area contributed by atoms with Gasteiger partial charge in [0.2, 0.25) is 0 Å². The number of alkyl halides is 3. The summed E-state index contributed by atoms with van der Waals surface area (Å²) in [5.41, 5.74) is -0.616. The third kappa shape index (κ3) is 4.26. The van der Waals surface area contributed by atoms with Gasteiger partial charge < -0.3 is 9.84 Å². The first-order valence-electron chi connectivity index (χ1n) is 5.38. The molecule has 0 amide bonds. The third-order valence-electron chi connectivity index (χ3n) is 2.27. The molecule has 102 valence electrons. The van der Waals surface area contributed by atoms with E-state index in [0.29, 0.717) is 0 Å². The number of rotatable bonds is 4. The summed E-state index contributed by atoms with van der Waals surface area (Å²) in [7, 11) is 0. The minimum Gasteiger partial charge on any atom is -0.386 e. The Morgan fingerprint density at radius 1 is 1.33 bits per heavy atom. The summed E-state index contributed by atoms with van der Waals surface area (Å²) in [5, 5.41) is 9.74. The largest absolute Gasteiger partial charge is 0.417 e. The molecule has 18 heavy (non-hydrogen) atoms. The summed E-state index contributed by atoms with van der Waals surface area (Å²) in [6, 6.07) is 3.64. The molecule has 1 aromatic carbocycles. The molecule has 0 radical (unpaired) electrons. The molecular formula is C12H14BrF3O2. The van der Waals surface area contributed by atoms with Gasteiger partial charge in [-0.05, 0) is 31.5 Å². The van der Waals surface area contributed by atoms with Gasteiger partial charge in [-0.25, -0.2) is 0 Å². The van der Waals surface area contributed by atoms with Gasteiger partial charge in [0, 0.05) is 4.47 Å². The van der Waals surface area contributed by atoms with Crippen molar-refractivity contribution in [2.45, 2.75) is 32.2 Å². The number of hydrogen-bond acceptors (Lipinski definition) is 2. The molecule has 0 aliphatic carbocycles. The van der Waals surface area contributed by atoms with Crippen molar-refractivity contribution in [2.75, 3.05) is 6.61 Å². The van der Waals surface area contributed by atoms with Gasteiger partial charge in [-0.1, -0.05) is 22.0 Å². The van der Waals surface area contributed by atoms with Gasteiger partial charge in [-0.3, -0.25) is 0 Å². The highest BCUT2D eigenvalue weighted by atomic mass is 79.9. The van der Waals surface area contributed by atoms with E-state index in [-0.39, 0.29) is 22.7 Å². The molecule has 0 saturated heterocycles. The number of halogens is 4. The summed E-state index contributed by atoms with van der Waals surface area (Å²) in [6.07, 6.45) is -5.60. The van der Waals surface area contributed by atoms with E-state index in [0.717, 1.165) is 6.07 Å². The van der Waals surface area contributed by atoms with Crippen LogP contribution in [0, 0.1) is 0 Å². The monoisotopic (exact) mass is 326 g/mol.